The lowest BCUT2D eigenvalue weighted by atomic mass is 10.0. The average molecular weight is 415 g/mol. The third-order valence-corrected chi connectivity index (χ3v) is 4.42. The number of nitrogens with zero attached hydrogens (tertiary/aromatic N) is 2. The minimum atomic E-state index is -0.752. The molecular weight excluding hydrogens is 396 g/mol. The van der Waals surface area contributed by atoms with Crippen LogP contribution < -0.4 is 11.1 Å². The molecule has 0 fully saturated rings. The fourth-order valence-electron chi connectivity index (χ4n) is 2.73. The molecule has 3 aromatic rings. The van der Waals surface area contributed by atoms with Gasteiger partial charge in [-0.25, -0.2) is 4.79 Å². The number of esters is 1. The van der Waals surface area contributed by atoms with Crippen LogP contribution in [0.3, 0.4) is 0 Å². The molecule has 9 heteroatoms. The monoisotopic (exact) mass is 414 g/mol. The van der Waals surface area contributed by atoms with E-state index in [9.17, 15) is 9.59 Å². The number of aryl methyl sites for hydroxylation is 1. The topological polar surface area (TPSA) is 120 Å². The number of hydrogen-bond donors (Lipinski definition) is 2. The first-order chi connectivity index (χ1) is 13.9. The normalized spacial score (nSPS) is 11.7. The fraction of sp³-hybridized carbons (Fsp3) is 0.200. The van der Waals surface area contributed by atoms with E-state index in [1.54, 1.807) is 24.3 Å². The lowest BCUT2D eigenvalue weighted by Crippen LogP contribution is -2.34. The Morgan fingerprint density at radius 2 is 1.93 bits per heavy atom. The Bertz CT molecular complexity index is 1000. The summed E-state index contributed by atoms with van der Waals surface area (Å²) in [5.41, 5.74) is 7.72. The number of halogens is 1. The standard InChI is InChI=1S/C20H19ClN4O4/c1-12-4-2-3-5-15(12)19-24-17(29-25-19)11-28-18(26)10-16(23-20(22)27)13-6-8-14(21)9-7-13/h2-9,16H,10-11H2,1H3,(H3,22,23,27)/t16-/m0/s1. The van der Waals surface area contributed by atoms with Crippen molar-refractivity contribution < 1.29 is 18.8 Å². The Hall–Kier alpha value is -3.39. The van der Waals surface area contributed by atoms with Gasteiger partial charge < -0.3 is 20.3 Å². The van der Waals surface area contributed by atoms with Crippen LogP contribution >= 0.6 is 11.6 Å². The van der Waals surface area contributed by atoms with Crippen molar-refractivity contribution >= 4 is 23.6 Å². The number of nitrogens with two attached hydrogens (primary N) is 1. The van der Waals surface area contributed by atoms with Crippen LogP contribution in [-0.4, -0.2) is 22.1 Å². The van der Waals surface area contributed by atoms with Crippen molar-refractivity contribution in [2.24, 2.45) is 5.73 Å². The summed E-state index contributed by atoms with van der Waals surface area (Å²) in [6, 6.07) is 12.9. The van der Waals surface area contributed by atoms with Gasteiger partial charge in [-0.05, 0) is 30.2 Å². The van der Waals surface area contributed by atoms with Gasteiger partial charge in [0.1, 0.15) is 0 Å². The highest BCUT2D eigenvalue weighted by Gasteiger charge is 2.19. The minimum absolute atomic E-state index is 0.122. The second-order valence-electron chi connectivity index (χ2n) is 6.30. The van der Waals surface area contributed by atoms with Gasteiger partial charge in [-0.2, -0.15) is 4.98 Å². The second kappa shape index (κ2) is 9.20. The summed E-state index contributed by atoms with van der Waals surface area (Å²) in [5, 5.41) is 6.98. The van der Waals surface area contributed by atoms with Crippen molar-refractivity contribution in [3.63, 3.8) is 0 Å². The van der Waals surface area contributed by atoms with Gasteiger partial charge >= 0.3 is 12.0 Å². The Kier molecular flexibility index (Phi) is 6.46. The number of primary amides is 1. The fourth-order valence-corrected chi connectivity index (χ4v) is 2.86. The highest BCUT2D eigenvalue weighted by atomic mass is 35.5. The number of rotatable bonds is 7. The van der Waals surface area contributed by atoms with Crippen LogP contribution in [0.1, 0.15) is 29.5 Å². The van der Waals surface area contributed by atoms with Crippen LogP contribution in [0.4, 0.5) is 4.79 Å². The van der Waals surface area contributed by atoms with Gasteiger partial charge in [0.15, 0.2) is 6.61 Å². The smallest absolute Gasteiger partial charge is 0.312 e. The van der Waals surface area contributed by atoms with E-state index in [2.05, 4.69) is 15.5 Å². The summed E-state index contributed by atoms with van der Waals surface area (Å²) in [5.74, 6) is 0.0282. The molecular formula is C20H19ClN4O4. The number of hydrogen-bond acceptors (Lipinski definition) is 6. The van der Waals surface area contributed by atoms with Crippen LogP contribution in [0.5, 0.6) is 0 Å². The van der Waals surface area contributed by atoms with E-state index in [1.807, 2.05) is 31.2 Å². The third kappa shape index (κ3) is 5.55. The molecule has 0 aliphatic rings. The Labute approximate surface area is 172 Å². The second-order valence-corrected chi connectivity index (χ2v) is 6.74. The van der Waals surface area contributed by atoms with E-state index in [0.717, 1.165) is 11.1 Å². The van der Waals surface area contributed by atoms with Gasteiger partial charge in [-0.1, -0.05) is 53.2 Å². The number of amides is 2. The molecule has 0 saturated heterocycles. The molecule has 1 heterocycles. The quantitative estimate of drug-likeness (QED) is 0.570. The first kappa shape index (κ1) is 20.3. The summed E-state index contributed by atoms with van der Waals surface area (Å²) in [7, 11) is 0. The molecule has 0 spiro atoms. The van der Waals surface area contributed by atoms with Gasteiger partial charge in [0, 0.05) is 10.6 Å². The van der Waals surface area contributed by atoms with Gasteiger partial charge in [-0.3, -0.25) is 4.79 Å². The number of urea groups is 1. The number of aromatic nitrogens is 2. The third-order valence-electron chi connectivity index (χ3n) is 4.17. The molecule has 29 heavy (non-hydrogen) atoms. The van der Waals surface area contributed by atoms with E-state index in [0.29, 0.717) is 16.4 Å². The summed E-state index contributed by atoms with van der Waals surface area (Å²) in [6.07, 6.45) is -0.122. The van der Waals surface area contributed by atoms with Crippen molar-refractivity contribution in [1.29, 1.82) is 0 Å². The number of ether oxygens (including phenoxy) is 1. The van der Waals surface area contributed by atoms with Crippen LogP contribution in [0, 0.1) is 6.92 Å². The maximum absolute atomic E-state index is 12.2. The predicted octanol–water partition coefficient (Wildman–Crippen LogP) is 3.54. The van der Waals surface area contributed by atoms with Crippen LogP contribution in [-0.2, 0) is 16.1 Å². The summed E-state index contributed by atoms with van der Waals surface area (Å²) < 4.78 is 10.4. The van der Waals surface area contributed by atoms with Gasteiger partial charge in [0.2, 0.25) is 5.82 Å². The molecule has 0 radical (unpaired) electrons. The van der Waals surface area contributed by atoms with E-state index >= 15 is 0 Å². The Balaban J connectivity index is 1.61. The van der Waals surface area contributed by atoms with Crippen LogP contribution in [0.25, 0.3) is 11.4 Å². The first-order valence-electron chi connectivity index (χ1n) is 8.78. The van der Waals surface area contributed by atoms with E-state index < -0.39 is 18.0 Å². The summed E-state index contributed by atoms with van der Waals surface area (Å²) in [6.45, 7) is 1.76. The zero-order valence-corrected chi connectivity index (χ0v) is 16.3. The van der Waals surface area contributed by atoms with E-state index in [-0.39, 0.29) is 18.9 Å². The largest absolute Gasteiger partial charge is 0.455 e. The zero-order chi connectivity index (χ0) is 20.8. The highest BCUT2D eigenvalue weighted by molar-refractivity contribution is 6.30. The van der Waals surface area contributed by atoms with E-state index in [4.69, 9.17) is 26.6 Å². The minimum Gasteiger partial charge on any atom is -0.455 e. The number of nitrogens with one attached hydrogen (secondary N) is 1. The SMILES string of the molecule is Cc1ccccc1-c1noc(COC(=O)C[C@H](NC(N)=O)c2ccc(Cl)cc2)n1. The molecule has 2 amide bonds. The summed E-state index contributed by atoms with van der Waals surface area (Å²) >= 11 is 5.87. The predicted molar refractivity (Wildman–Crippen MR) is 106 cm³/mol. The molecule has 1 atom stereocenters. The molecule has 2 aromatic carbocycles. The molecule has 1 aromatic heterocycles. The van der Waals surface area contributed by atoms with Crippen LogP contribution in [0.15, 0.2) is 53.1 Å². The Morgan fingerprint density at radius 3 is 2.62 bits per heavy atom. The molecule has 3 N–H and O–H groups in total. The van der Waals surface area contributed by atoms with E-state index in [1.165, 1.54) is 0 Å². The van der Waals surface area contributed by atoms with Crippen LogP contribution in [0.2, 0.25) is 5.02 Å². The van der Waals surface area contributed by atoms with Crippen molar-refractivity contribution in [3.05, 3.63) is 70.6 Å². The Morgan fingerprint density at radius 1 is 1.21 bits per heavy atom. The molecule has 150 valence electrons. The maximum Gasteiger partial charge on any atom is 0.312 e. The maximum atomic E-state index is 12.2. The first-order valence-corrected chi connectivity index (χ1v) is 9.16. The van der Waals surface area contributed by atoms with Crippen molar-refractivity contribution in [3.8, 4) is 11.4 Å². The molecule has 8 nitrogen and oxygen atoms in total. The average Bonchev–Trinajstić information content (AvgIpc) is 3.15. The van der Waals surface area contributed by atoms with Gasteiger partial charge in [0.25, 0.3) is 5.89 Å². The lowest BCUT2D eigenvalue weighted by molar-refractivity contribution is -0.146. The molecule has 0 aliphatic heterocycles. The van der Waals surface area contributed by atoms with Crippen molar-refractivity contribution in [1.82, 2.24) is 15.5 Å². The molecule has 0 aliphatic carbocycles. The van der Waals surface area contributed by atoms with Crippen molar-refractivity contribution in [2.45, 2.75) is 26.0 Å². The molecule has 0 saturated carbocycles. The molecule has 0 bridgehead atoms. The van der Waals surface area contributed by atoms with Gasteiger partial charge in [-0.15, -0.1) is 0 Å². The molecule has 3 rings (SSSR count). The number of carbonyl (C=O) groups excluding carboxylic acids is 2. The zero-order valence-electron chi connectivity index (χ0n) is 15.6. The summed E-state index contributed by atoms with van der Waals surface area (Å²) in [4.78, 5) is 27.8. The van der Waals surface area contributed by atoms with Crippen molar-refractivity contribution in [2.75, 3.05) is 0 Å². The number of benzene rings is 2. The number of carbonyl (C=O) groups is 2. The van der Waals surface area contributed by atoms with Gasteiger partial charge in [0.05, 0.1) is 12.5 Å². The highest BCUT2D eigenvalue weighted by Crippen LogP contribution is 2.22. The lowest BCUT2D eigenvalue weighted by Gasteiger charge is -2.17. The molecule has 0 unspecified atom stereocenters.